The molecule has 3 N–H and O–H groups in total. The average molecular weight is 377 g/mol. The van der Waals surface area contributed by atoms with E-state index < -0.39 is 11.8 Å². The minimum Gasteiger partial charge on any atom is -0.506 e. The lowest BCUT2D eigenvalue weighted by Gasteiger charge is -2.38. The van der Waals surface area contributed by atoms with Gasteiger partial charge in [-0.3, -0.25) is 19.8 Å². The number of fused-ring (bicyclic) bond motifs is 1. The summed E-state index contributed by atoms with van der Waals surface area (Å²) in [6.45, 7) is 0. The quantitative estimate of drug-likeness (QED) is 0.566. The zero-order valence-corrected chi connectivity index (χ0v) is 15.0. The molecule has 1 saturated heterocycles. The summed E-state index contributed by atoms with van der Waals surface area (Å²) in [5.41, 5.74) is 3.65. The zero-order valence-electron chi connectivity index (χ0n) is 15.0. The molecular weight excluding hydrogens is 358 g/mol. The molecule has 2 aromatic carbocycles. The molecule has 142 valence electrons. The average Bonchev–Trinajstić information content (AvgIpc) is 2.72. The Labute approximate surface area is 161 Å². The summed E-state index contributed by atoms with van der Waals surface area (Å²) in [5.74, 6) is -1.59. The Bertz CT molecular complexity index is 985. The number of rotatable bonds is 3. The Kier molecular flexibility index (Phi) is 4.57. The van der Waals surface area contributed by atoms with Gasteiger partial charge in [0.2, 0.25) is 11.8 Å². The van der Waals surface area contributed by atoms with Crippen molar-refractivity contribution in [2.24, 2.45) is 11.8 Å². The lowest BCUT2D eigenvalue weighted by Crippen LogP contribution is -2.59. The van der Waals surface area contributed by atoms with E-state index in [1.165, 1.54) is 17.1 Å². The molecule has 2 atom stereocenters. The largest absolute Gasteiger partial charge is 0.506 e. The van der Waals surface area contributed by atoms with Crippen molar-refractivity contribution in [2.45, 2.75) is 12.8 Å². The number of aromatic hydroxyl groups is 1. The van der Waals surface area contributed by atoms with Crippen LogP contribution in [-0.2, 0) is 9.59 Å². The molecule has 0 radical (unpaired) electrons. The number of hydrogen-bond acceptors (Lipinski definition) is 4. The highest BCUT2D eigenvalue weighted by Gasteiger charge is 2.42. The molecule has 7 nitrogen and oxygen atoms in total. The summed E-state index contributed by atoms with van der Waals surface area (Å²) >= 11 is 0. The maximum absolute atomic E-state index is 12.9. The third-order valence-corrected chi connectivity index (χ3v) is 5.05. The summed E-state index contributed by atoms with van der Waals surface area (Å²) in [7, 11) is 0. The van der Waals surface area contributed by atoms with Gasteiger partial charge in [-0.2, -0.15) is 0 Å². The van der Waals surface area contributed by atoms with Crippen molar-refractivity contribution in [2.75, 3.05) is 10.3 Å². The van der Waals surface area contributed by atoms with Crippen LogP contribution in [0.5, 0.6) is 5.75 Å². The number of hydrogen-bond donors (Lipinski definition) is 3. The lowest BCUT2D eigenvalue weighted by molar-refractivity contribution is -0.139. The summed E-state index contributed by atoms with van der Waals surface area (Å²) in [6, 6.07) is 12.8. The Balaban J connectivity index is 1.57. The second kappa shape index (κ2) is 7.19. The monoisotopic (exact) mass is 377 g/mol. The van der Waals surface area contributed by atoms with Gasteiger partial charge in [0.1, 0.15) is 5.75 Å². The van der Waals surface area contributed by atoms with Crippen molar-refractivity contribution in [3.8, 4) is 5.75 Å². The third-order valence-electron chi connectivity index (χ3n) is 5.05. The van der Waals surface area contributed by atoms with Gasteiger partial charge >= 0.3 is 0 Å². The van der Waals surface area contributed by atoms with E-state index in [4.69, 9.17) is 0 Å². The van der Waals surface area contributed by atoms with Crippen LogP contribution in [0.1, 0.15) is 23.2 Å². The molecule has 2 aliphatic rings. The van der Waals surface area contributed by atoms with E-state index in [0.717, 1.165) is 0 Å². The second-order valence-corrected chi connectivity index (χ2v) is 6.83. The first-order chi connectivity index (χ1) is 13.5. The van der Waals surface area contributed by atoms with Crippen LogP contribution in [0.2, 0.25) is 0 Å². The summed E-state index contributed by atoms with van der Waals surface area (Å²) in [4.78, 5) is 37.8. The van der Waals surface area contributed by atoms with Crippen molar-refractivity contribution in [3.63, 3.8) is 0 Å². The Morgan fingerprint density at radius 3 is 2.57 bits per heavy atom. The van der Waals surface area contributed by atoms with E-state index in [0.29, 0.717) is 24.1 Å². The molecule has 28 heavy (non-hydrogen) atoms. The Hall–Kier alpha value is -3.61. The molecule has 0 spiro atoms. The van der Waals surface area contributed by atoms with E-state index in [1.54, 1.807) is 36.4 Å². The van der Waals surface area contributed by atoms with Gasteiger partial charge in [-0.15, -0.1) is 0 Å². The smallest absolute Gasteiger partial charge is 0.255 e. The standard InChI is InChI=1S/C21H19N3O4/c25-18-11-4-3-10-17(18)22-19(26)13-6-5-7-14(12-13)24-21(28)16-9-2-1-8-15(16)20(27)23-24/h1-7,10-12,15-16,25H,8-9H2,(H,22,26)(H,23,27). The fraction of sp³-hybridized carbons (Fsp3) is 0.190. The van der Waals surface area contributed by atoms with E-state index in [1.807, 2.05) is 12.2 Å². The topological polar surface area (TPSA) is 98.7 Å². The Morgan fingerprint density at radius 2 is 1.79 bits per heavy atom. The predicted molar refractivity (Wildman–Crippen MR) is 103 cm³/mol. The number of nitrogens with one attached hydrogen (secondary N) is 2. The van der Waals surface area contributed by atoms with Gasteiger partial charge in [0.15, 0.2) is 0 Å². The number of carbonyl (C=O) groups excluding carboxylic acids is 3. The fourth-order valence-corrected chi connectivity index (χ4v) is 3.54. The molecule has 2 unspecified atom stereocenters. The molecule has 7 heteroatoms. The van der Waals surface area contributed by atoms with Gasteiger partial charge in [0, 0.05) is 5.56 Å². The maximum atomic E-state index is 12.9. The molecule has 1 aliphatic carbocycles. The number of nitrogens with zero attached hydrogens (tertiary/aromatic N) is 1. The Morgan fingerprint density at radius 1 is 1.04 bits per heavy atom. The zero-order chi connectivity index (χ0) is 19.7. The number of amides is 3. The third kappa shape index (κ3) is 3.22. The minimum atomic E-state index is -0.433. The first-order valence-electron chi connectivity index (χ1n) is 9.03. The van der Waals surface area contributed by atoms with E-state index >= 15 is 0 Å². The highest BCUT2D eigenvalue weighted by Crippen LogP contribution is 2.32. The van der Waals surface area contributed by atoms with Crippen LogP contribution >= 0.6 is 0 Å². The van der Waals surface area contributed by atoms with Crippen molar-refractivity contribution in [3.05, 3.63) is 66.2 Å². The van der Waals surface area contributed by atoms with Crippen LogP contribution in [0.25, 0.3) is 0 Å². The number of anilines is 2. The predicted octanol–water partition coefficient (Wildman–Crippen LogP) is 2.60. The molecule has 0 aromatic heterocycles. The normalized spacial score (nSPS) is 21.1. The van der Waals surface area contributed by atoms with Crippen LogP contribution in [0.4, 0.5) is 11.4 Å². The lowest BCUT2D eigenvalue weighted by atomic mass is 9.80. The van der Waals surface area contributed by atoms with Crippen LogP contribution in [0.3, 0.4) is 0 Å². The van der Waals surface area contributed by atoms with Crippen LogP contribution in [-0.4, -0.2) is 22.8 Å². The van der Waals surface area contributed by atoms with Gasteiger partial charge in [-0.25, -0.2) is 5.01 Å². The van der Waals surface area contributed by atoms with E-state index in [9.17, 15) is 19.5 Å². The van der Waals surface area contributed by atoms with E-state index in [-0.39, 0.29) is 29.2 Å². The maximum Gasteiger partial charge on any atom is 0.255 e. The molecule has 0 saturated carbocycles. The fourth-order valence-electron chi connectivity index (χ4n) is 3.54. The molecule has 4 rings (SSSR count). The van der Waals surface area contributed by atoms with Gasteiger partial charge in [0.05, 0.1) is 23.2 Å². The number of hydrazine groups is 1. The molecule has 0 bridgehead atoms. The van der Waals surface area contributed by atoms with Crippen molar-refractivity contribution in [1.82, 2.24) is 5.43 Å². The van der Waals surface area contributed by atoms with Gasteiger partial charge in [-0.1, -0.05) is 30.4 Å². The van der Waals surface area contributed by atoms with Crippen LogP contribution < -0.4 is 15.8 Å². The van der Waals surface area contributed by atoms with Crippen LogP contribution in [0.15, 0.2) is 60.7 Å². The number of benzene rings is 2. The molecule has 1 fully saturated rings. The number of para-hydroxylation sites is 2. The minimum absolute atomic E-state index is 0.0399. The first-order valence-corrected chi connectivity index (χ1v) is 9.03. The molecule has 1 aliphatic heterocycles. The molecule has 2 aromatic rings. The highest BCUT2D eigenvalue weighted by molar-refractivity contribution is 6.07. The van der Waals surface area contributed by atoms with Gasteiger partial charge in [-0.05, 0) is 43.2 Å². The summed E-state index contributed by atoms with van der Waals surface area (Å²) < 4.78 is 0. The van der Waals surface area contributed by atoms with Gasteiger partial charge in [0.25, 0.3) is 5.91 Å². The number of carbonyl (C=O) groups is 3. The number of phenols is 1. The number of phenolic OH excluding ortho intramolecular Hbond substituents is 1. The second-order valence-electron chi connectivity index (χ2n) is 6.83. The molecule has 3 amide bonds. The van der Waals surface area contributed by atoms with Crippen molar-refractivity contribution in [1.29, 1.82) is 0 Å². The summed E-state index contributed by atoms with van der Waals surface area (Å²) in [5, 5.41) is 13.7. The van der Waals surface area contributed by atoms with Gasteiger partial charge < -0.3 is 10.4 Å². The highest BCUT2D eigenvalue weighted by atomic mass is 16.3. The molecular formula is C21H19N3O4. The summed E-state index contributed by atoms with van der Waals surface area (Å²) in [6.07, 6.45) is 4.93. The first kappa shape index (κ1) is 17.8. The molecule has 1 heterocycles. The SMILES string of the molecule is O=C(Nc1ccccc1O)c1cccc(N2NC(=O)C3CC=CCC3C2=O)c1. The van der Waals surface area contributed by atoms with E-state index in [2.05, 4.69) is 10.7 Å². The number of allylic oxidation sites excluding steroid dienone is 2. The van der Waals surface area contributed by atoms with Crippen molar-refractivity contribution >= 4 is 29.1 Å². The van der Waals surface area contributed by atoms with Crippen molar-refractivity contribution < 1.29 is 19.5 Å². The van der Waals surface area contributed by atoms with Crippen LogP contribution in [0, 0.1) is 11.8 Å².